The number of aromatic nitrogens is 2. The van der Waals surface area contributed by atoms with Gasteiger partial charge >= 0.3 is 0 Å². The van der Waals surface area contributed by atoms with E-state index in [-0.39, 0.29) is 11.8 Å². The Balaban J connectivity index is 1.46. The number of anilines is 2. The number of nitrogens with one attached hydrogen (secondary N) is 1. The van der Waals surface area contributed by atoms with Gasteiger partial charge in [-0.2, -0.15) is 0 Å². The summed E-state index contributed by atoms with van der Waals surface area (Å²) in [7, 11) is 0. The van der Waals surface area contributed by atoms with E-state index in [2.05, 4.69) is 20.4 Å². The highest BCUT2D eigenvalue weighted by atomic mass is 16.5. The summed E-state index contributed by atoms with van der Waals surface area (Å²) in [4.78, 5) is 19.4. The molecule has 1 unspecified atom stereocenters. The molecule has 1 aromatic carbocycles. The minimum atomic E-state index is -0.106. The van der Waals surface area contributed by atoms with Gasteiger partial charge in [0.05, 0.1) is 5.92 Å². The predicted molar refractivity (Wildman–Crippen MR) is 104 cm³/mol. The highest BCUT2D eigenvalue weighted by Gasteiger charge is 2.28. The summed E-state index contributed by atoms with van der Waals surface area (Å²) in [6.45, 7) is 3.48. The van der Waals surface area contributed by atoms with Crippen LogP contribution in [-0.4, -0.2) is 29.1 Å². The lowest BCUT2D eigenvalue weighted by atomic mass is 9.97. The first-order chi connectivity index (χ1) is 13.2. The van der Waals surface area contributed by atoms with E-state index in [4.69, 9.17) is 4.52 Å². The zero-order valence-electron chi connectivity index (χ0n) is 15.3. The molecule has 0 bridgehead atoms. The van der Waals surface area contributed by atoms with Gasteiger partial charge in [-0.1, -0.05) is 41.6 Å². The van der Waals surface area contributed by atoms with Crippen LogP contribution in [0.5, 0.6) is 0 Å². The molecule has 6 heteroatoms. The molecule has 4 rings (SSSR count). The lowest BCUT2D eigenvalue weighted by Crippen LogP contribution is -2.41. The summed E-state index contributed by atoms with van der Waals surface area (Å²) in [5.74, 6) is 1.20. The SMILES string of the molecule is Cc1c(-c2ccccc2)noc1NC(=O)C1CCCN(c2ccccn2)C1. The second-order valence-electron chi connectivity index (χ2n) is 6.81. The lowest BCUT2D eigenvalue weighted by Gasteiger charge is -2.32. The molecule has 3 heterocycles. The van der Waals surface area contributed by atoms with E-state index in [9.17, 15) is 4.79 Å². The van der Waals surface area contributed by atoms with E-state index >= 15 is 0 Å². The van der Waals surface area contributed by atoms with Gasteiger partial charge in [0.15, 0.2) is 0 Å². The Hall–Kier alpha value is -3.15. The molecule has 0 spiro atoms. The number of amides is 1. The van der Waals surface area contributed by atoms with Crippen molar-refractivity contribution in [2.24, 2.45) is 5.92 Å². The number of rotatable bonds is 4. The maximum atomic E-state index is 12.8. The third-order valence-electron chi connectivity index (χ3n) is 4.97. The summed E-state index contributed by atoms with van der Waals surface area (Å²) in [6, 6.07) is 15.7. The summed E-state index contributed by atoms with van der Waals surface area (Å²) in [6.07, 6.45) is 3.59. The quantitative estimate of drug-likeness (QED) is 0.762. The van der Waals surface area contributed by atoms with Crippen molar-refractivity contribution in [2.75, 3.05) is 23.3 Å². The highest BCUT2D eigenvalue weighted by Crippen LogP contribution is 2.29. The summed E-state index contributed by atoms with van der Waals surface area (Å²) < 4.78 is 5.41. The van der Waals surface area contributed by atoms with Gasteiger partial charge in [-0.25, -0.2) is 4.98 Å². The molecule has 1 atom stereocenters. The van der Waals surface area contributed by atoms with E-state index in [1.807, 2.05) is 55.5 Å². The van der Waals surface area contributed by atoms with Gasteiger partial charge < -0.3 is 9.42 Å². The highest BCUT2D eigenvalue weighted by molar-refractivity contribution is 5.93. The predicted octanol–water partition coefficient (Wildman–Crippen LogP) is 3.90. The summed E-state index contributed by atoms with van der Waals surface area (Å²) in [5.41, 5.74) is 2.56. The standard InChI is InChI=1S/C21H22N4O2/c1-15-19(16-8-3-2-4-9-16)24-27-21(15)23-20(26)17-10-7-13-25(14-17)18-11-5-6-12-22-18/h2-6,8-9,11-12,17H,7,10,13-14H2,1H3,(H,23,26). The van der Waals surface area contributed by atoms with E-state index < -0.39 is 0 Å². The van der Waals surface area contributed by atoms with Crippen molar-refractivity contribution >= 4 is 17.6 Å². The molecule has 1 fully saturated rings. The Kier molecular flexibility index (Phi) is 4.87. The Morgan fingerprint density at radius 1 is 1.19 bits per heavy atom. The molecule has 0 saturated carbocycles. The topological polar surface area (TPSA) is 71.3 Å². The van der Waals surface area contributed by atoms with Crippen LogP contribution in [0.1, 0.15) is 18.4 Å². The van der Waals surface area contributed by atoms with Gasteiger partial charge in [0.2, 0.25) is 11.8 Å². The van der Waals surface area contributed by atoms with Crippen molar-refractivity contribution < 1.29 is 9.32 Å². The Labute approximate surface area is 158 Å². The number of carbonyl (C=O) groups excluding carboxylic acids is 1. The zero-order valence-corrected chi connectivity index (χ0v) is 15.3. The summed E-state index contributed by atoms with van der Waals surface area (Å²) in [5, 5.41) is 7.06. The normalized spacial score (nSPS) is 16.9. The molecule has 1 amide bonds. The van der Waals surface area contributed by atoms with E-state index in [0.717, 1.165) is 42.0 Å². The molecule has 1 N–H and O–H groups in total. The molecule has 3 aromatic rings. The van der Waals surface area contributed by atoms with Crippen LogP contribution in [0.2, 0.25) is 0 Å². The monoisotopic (exact) mass is 362 g/mol. The van der Waals surface area contributed by atoms with Gasteiger partial charge in [0, 0.05) is 30.4 Å². The van der Waals surface area contributed by atoms with Crippen molar-refractivity contribution in [1.82, 2.24) is 10.1 Å². The number of pyridine rings is 1. The van der Waals surface area contributed by atoms with Crippen molar-refractivity contribution in [3.63, 3.8) is 0 Å². The maximum Gasteiger partial charge on any atom is 0.234 e. The molecule has 138 valence electrons. The summed E-state index contributed by atoms with van der Waals surface area (Å²) >= 11 is 0. The molecule has 1 aliphatic heterocycles. The third-order valence-corrected chi connectivity index (χ3v) is 4.97. The first-order valence-corrected chi connectivity index (χ1v) is 9.21. The average Bonchev–Trinajstić information content (AvgIpc) is 3.09. The minimum absolute atomic E-state index is 0.0329. The van der Waals surface area contributed by atoms with Crippen LogP contribution in [0.25, 0.3) is 11.3 Å². The Morgan fingerprint density at radius 2 is 2.00 bits per heavy atom. The number of hydrogen-bond donors (Lipinski definition) is 1. The fourth-order valence-corrected chi connectivity index (χ4v) is 3.47. The fraction of sp³-hybridized carbons (Fsp3) is 0.286. The fourth-order valence-electron chi connectivity index (χ4n) is 3.47. The smallest absolute Gasteiger partial charge is 0.234 e. The minimum Gasteiger partial charge on any atom is -0.356 e. The first kappa shape index (κ1) is 17.3. The van der Waals surface area contributed by atoms with Gasteiger partial charge in [0.25, 0.3) is 0 Å². The number of benzene rings is 1. The zero-order chi connectivity index (χ0) is 18.6. The molecule has 0 radical (unpaired) electrons. The van der Waals surface area contributed by atoms with Crippen LogP contribution in [-0.2, 0) is 4.79 Å². The molecule has 6 nitrogen and oxygen atoms in total. The number of hydrogen-bond acceptors (Lipinski definition) is 5. The molecular weight excluding hydrogens is 340 g/mol. The Morgan fingerprint density at radius 3 is 2.78 bits per heavy atom. The van der Waals surface area contributed by atoms with Crippen LogP contribution in [0.4, 0.5) is 11.7 Å². The van der Waals surface area contributed by atoms with Crippen LogP contribution in [0.15, 0.2) is 59.3 Å². The number of carbonyl (C=O) groups is 1. The molecule has 0 aliphatic carbocycles. The average molecular weight is 362 g/mol. The molecule has 27 heavy (non-hydrogen) atoms. The van der Waals surface area contributed by atoms with Gasteiger partial charge in [0.1, 0.15) is 11.5 Å². The van der Waals surface area contributed by atoms with Gasteiger partial charge in [-0.3, -0.25) is 10.1 Å². The molecule has 1 aliphatic rings. The molecular formula is C21H22N4O2. The van der Waals surface area contributed by atoms with Gasteiger partial charge in [-0.15, -0.1) is 0 Å². The van der Waals surface area contributed by atoms with Crippen molar-refractivity contribution in [2.45, 2.75) is 19.8 Å². The maximum absolute atomic E-state index is 12.8. The van der Waals surface area contributed by atoms with E-state index in [1.165, 1.54) is 0 Å². The van der Waals surface area contributed by atoms with Crippen LogP contribution >= 0.6 is 0 Å². The lowest BCUT2D eigenvalue weighted by molar-refractivity contribution is -0.120. The van der Waals surface area contributed by atoms with Crippen molar-refractivity contribution in [3.05, 3.63) is 60.3 Å². The van der Waals surface area contributed by atoms with Crippen LogP contribution in [0, 0.1) is 12.8 Å². The molecule has 1 saturated heterocycles. The largest absolute Gasteiger partial charge is 0.356 e. The number of piperidine rings is 1. The third kappa shape index (κ3) is 3.69. The molecule has 2 aromatic heterocycles. The second-order valence-corrected chi connectivity index (χ2v) is 6.81. The van der Waals surface area contributed by atoms with Crippen LogP contribution in [0.3, 0.4) is 0 Å². The Bertz CT molecular complexity index is 908. The van der Waals surface area contributed by atoms with Crippen molar-refractivity contribution in [1.29, 1.82) is 0 Å². The number of nitrogens with zero attached hydrogens (tertiary/aromatic N) is 3. The second kappa shape index (κ2) is 7.61. The first-order valence-electron chi connectivity index (χ1n) is 9.21. The van der Waals surface area contributed by atoms with Crippen LogP contribution < -0.4 is 10.2 Å². The van der Waals surface area contributed by atoms with Gasteiger partial charge in [-0.05, 0) is 31.9 Å². The van der Waals surface area contributed by atoms with Crippen molar-refractivity contribution in [3.8, 4) is 11.3 Å². The van der Waals surface area contributed by atoms with E-state index in [1.54, 1.807) is 6.20 Å². The van der Waals surface area contributed by atoms with E-state index in [0.29, 0.717) is 12.4 Å².